The van der Waals surface area contributed by atoms with Crippen LogP contribution < -0.4 is 14.8 Å². The molecular weight excluding hydrogens is 360 g/mol. The molecule has 1 amide bonds. The molecule has 0 fully saturated rings. The van der Waals surface area contributed by atoms with Gasteiger partial charge in [0.1, 0.15) is 5.01 Å². The minimum absolute atomic E-state index is 0.0419. The van der Waals surface area contributed by atoms with Crippen LogP contribution in [-0.4, -0.2) is 25.1 Å². The number of thiazole rings is 1. The van der Waals surface area contributed by atoms with Gasteiger partial charge in [0.25, 0.3) is 0 Å². The number of aromatic nitrogens is 1. The maximum Gasteiger partial charge on any atom is 0.226 e. The Morgan fingerprint density at radius 2 is 1.81 bits per heavy atom. The number of nitrogens with zero attached hydrogens (tertiary/aromatic N) is 1. The molecule has 1 N–H and O–H groups in total. The van der Waals surface area contributed by atoms with Gasteiger partial charge in [-0.2, -0.15) is 0 Å². The van der Waals surface area contributed by atoms with Gasteiger partial charge in [0, 0.05) is 17.5 Å². The summed E-state index contributed by atoms with van der Waals surface area (Å²) >= 11 is 1.51. The van der Waals surface area contributed by atoms with Crippen molar-refractivity contribution >= 4 is 17.2 Å². The Kier molecular flexibility index (Phi) is 6.08. The van der Waals surface area contributed by atoms with Crippen LogP contribution in [0.1, 0.15) is 16.8 Å². The summed E-state index contributed by atoms with van der Waals surface area (Å²) in [5.74, 6) is 1.29. The first-order valence-corrected chi connectivity index (χ1v) is 9.46. The largest absolute Gasteiger partial charge is 0.493 e. The highest BCUT2D eigenvalue weighted by molar-refractivity contribution is 7.13. The smallest absolute Gasteiger partial charge is 0.226 e. The maximum atomic E-state index is 12.2. The predicted octanol–water partition coefficient (Wildman–Crippen LogP) is 3.99. The van der Waals surface area contributed by atoms with E-state index in [1.54, 1.807) is 14.2 Å². The van der Waals surface area contributed by atoms with Crippen molar-refractivity contribution in [2.75, 3.05) is 14.2 Å². The lowest BCUT2D eigenvalue weighted by atomic mass is 10.1. The van der Waals surface area contributed by atoms with E-state index in [2.05, 4.69) is 10.3 Å². The average molecular weight is 382 g/mol. The van der Waals surface area contributed by atoms with Crippen molar-refractivity contribution in [1.29, 1.82) is 0 Å². The van der Waals surface area contributed by atoms with Crippen molar-refractivity contribution in [3.05, 3.63) is 64.7 Å². The second-order valence-electron chi connectivity index (χ2n) is 6.15. The molecule has 0 radical (unpaired) electrons. The van der Waals surface area contributed by atoms with Crippen LogP contribution in [0.25, 0.3) is 10.6 Å². The SMILES string of the molecule is COc1ccc(-c2nc(CC(=O)NCc3ccc(C)cc3)cs2)cc1OC. The minimum atomic E-state index is -0.0419. The molecule has 0 saturated carbocycles. The van der Waals surface area contributed by atoms with Gasteiger partial charge in [-0.25, -0.2) is 4.98 Å². The lowest BCUT2D eigenvalue weighted by Crippen LogP contribution is -2.24. The lowest BCUT2D eigenvalue weighted by molar-refractivity contribution is -0.120. The molecule has 27 heavy (non-hydrogen) atoms. The molecule has 2 aromatic carbocycles. The van der Waals surface area contributed by atoms with Crippen LogP contribution in [-0.2, 0) is 17.8 Å². The molecule has 1 heterocycles. The topological polar surface area (TPSA) is 60.5 Å². The first-order chi connectivity index (χ1) is 13.1. The van der Waals surface area contributed by atoms with Crippen LogP contribution in [0.4, 0.5) is 0 Å². The number of methoxy groups -OCH3 is 2. The Balaban J connectivity index is 1.62. The van der Waals surface area contributed by atoms with E-state index in [0.29, 0.717) is 18.0 Å². The molecule has 3 aromatic rings. The molecule has 0 spiro atoms. The molecule has 140 valence electrons. The zero-order valence-electron chi connectivity index (χ0n) is 15.6. The van der Waals surface area contributed by atoms with Gasteiger partial charge < -0.3 is 14.8 Å². The van der Waals surface area contributed by atoms with E-state index < -0.39 is 0 Å². The van der Waals surface area contributed by atoms with E-state index >= 15 is 0 Å². The zero-order chi connectivity index (χ0) is 19.2. The van der Waals surface area contributed by atoms with Gasteiger partial charge in [0.2, 0.25) is 5.91 Å². The summed E-state index contributed by atoms with van der Waals surface area (Å²) in [5.41, 5.74) is 3.98. The number of hydrogen-bond donors (Lipinski definition) is 1. The second kappa shape index (κ2) is 8.68. The summed E-state index contributed by atoms with van der Waals surface area (Å²) in [6.45, 7) is 2.56. The standard InChI is InChI=1S/C21H22N2O3S/c1-14-4-6-15(7-5-14)12-22-20(24)11-17-13-27-21(23-17)16-8-9-18(25-2)19(10-16)26-3/h4-10,13H,11-12H2,1-3H3,(H,22,24). The molecule has 0 aliphatic rings. The first-order valence-electron chi connectivity index (χ1n) is 8.58. The predicted molar refractivity (Wildman–Crippen MR) is 107 cm³/mol. The van der Waals surface area contributed by atoms with Crippen molar-refractivity contribution in [3.8, 4) is 22.1 Å². The molecule has 3 rings (SSSR count). The van der Waals surface area contributed by atoms with Gasteiger partial charge in [-0.3, -0.25) is 4.79 Å². The summed E-state index contributed by atoms with van der Waals surface area (Å²) < 4.78 is 10.6. The number of amides is 1. The molecule has 5 nitrogen and oxygen atoms in total. The Labute approximate surface area is 163 Å². The number of rotatable bonds is 7. The lowest BCUT2D eigenvalue weighted by Gasteiger charge is -2.08. The van der Waals surface area contributed by atoms with Crippen LogP contribution in [0, 0.1) is 6.92 Å². The van der Waals surface area contributed by atoms with Gasteiger partial charge in [-0.15, -0.1) is 11.3 Å². The van der Waals surface area contributed by atoms with Gasteiger partial charge in [0.05, 0.1) is 26.3 Å². The Hall–Kier alpha value is -2.86. The fourth-order valence-electron chi connectivity index (χ4n) is 2.62. The van der Waals surface area contributed by atoms with E-state index in [1.165, 1.54) is 16.9 Å². The van der Waals surface area contributed by atoms with E-state index in [-0.39, 0.29) is 12.3 Å². The number of aryl methyl sites for hydroxylation is 1. The highest BCUT2D eigenvalue weighted by atomic mass is 32.1. The van der Waals surface area contributed by atoms with Gasteiger partial charge in [0.15, 0.2) is 11.5 Å². The summed E-state index contributed by atoms with van der Waals surface area (Å²) in [4.78, 5) is 16.8. The average Bonchev–Trinajstić information content (AvgIpc) is 3.15. The third-order valence-corrected chi connectivity index (χ3v) is 5.07. The van der Waals surface area contributed by atoms with Crippen molar-refractivity contribution in [2.45, 2.75) is 19.9 Å². The first kappa shape index (κ1) is 18.9. The van der Waals surface area contributed by atoms with E-state index in [4.69, 9.17) is 9.47 Å². The molecule has 0 atom stereocenters. The van der Waals surface area contributed by atoms with Crippen molar-refractivity contribution in [2.24, 2.45) is 0 Å². The van der Waals surface area contributed by atoms with Crippen LogP contribution in [0.15, 0.2) is 47.8 Å². The van der Waals surface area contributed by atoms with Crippen LogP contribution >= 0.6 is 11.3 Å². The summed E-state index contributed by atoms with van der Waals surface area (Å²) in [6, 6.07) is 13.8. The van der Waals surface area contributed by atoms with Crippen LogP contribution in [0.5, 0.6) is 11.5 Å². The van der Waals surface area contributed by atoms with Gasteiger partial charge >= 0.3 is 0 Å². The Morgan fingerprint density at radius 1 is 1.07 bits per heavy atom. The number of carbonyl (C=O) groups excluding carboxylic acids is 1. The molecule has 1 aromatic heterocycles. The number of ether oxygens (including phenoxy) is 2. The molecule has 6 heteroatoms. The normalized spacial score (nSPS) is 10.5. The summed E-state index contributed by atoms with van der Waals surface area (Å²) in [7, 11) is 3.21. The van der Waals surface area contributed by atoms with Gasteiger partial charge in [-0.05, 0) is 30.7 Å². The number of hydrogen-bond acceptors (Lipinski definition) is 5. The Bertz CT molecular complexity index is 919. The number of carbonyl (C=O) groups is 1. The monoisotopic (exact) mass is 382 g/mol. The van der Waals surface area contributed by atoms with Crippen LogP contribution in [0.2, 0.25) is 0 Å². The van der Waals surface area contributed by atoms with Crippen LogP contribution in [0.3, 0.4) is 0 Å². The highest BCUT2D eigenvalue weighted by Gasteiger charge is 2.11. The van der Waals surface area contributed by atoms with Crippen molar-refractivity contribution < 1.29 is 14.3 Å². The summed E-state index contributed by atoms with van der Waals surface area (Å²) in [5, 5.41) is 5.70. The number of nitrogens with one attached hydrogen (secondary N) is 1. The maximum absolute atomic E-state index is 12.2. The molecule has 0 saturated heterocycles. The van der Waals surface area contributed by atoms with Crippen molar-refractivity contribution in [3.63, 3.8) is 0 Å². The number of benzene rings is 2. The fourth-order valence-corrected chi connectivity index (χ4v) is 3.44. The highest BCUT2D eigenvalue weighted by Crippen LogP contribution is 2.33. The zero-order valence-corrected chi connectivity index (χ0v) is 16.4. The van der Waals surface area contributed by atoms with E-state index in [9.17, 15) is 4.79 Å². The molecule has 0 aliphatic carbocycles. The molecule has 0 aliphatic heterocycles. The van der Waals surface area contributed by atoms with Gasteiger partial charge in [-0.1, -0.05) is 29.8 Å². The third-order valence-electron chi connectivity index (χ3n) is 4.13. The minimum Gasteiger partial charge on any atom is -0.493 e. The van der Waals surface area contributed by atoms with Crippen molar-refractivity contribution in [1.82, 2.24) is 10.3 Å². The Morgan fingerprint density at radius 3 is 2.52 bits per heavy atom. The van der Waals surface area contributed by atoms with E-state index in [1.807, 2.05) is 54.8 Å². The van der Waals surface area contributed by atoms with E-state index in [0.717, 1.165) is 21.8 Å². The third kappa shape index (κ3) is 4.86. The molecular formula is C21H22N2O3S. The fraction of sp³-hybridized carbons (Fsp3) is 0.238. The molecule has 0 unspecified atom stereocenters. The quantitative estimate of drug-likeness (QED) is 0.671. The summed E-state index contributed by atoms with van der Waals surface area (Å²) in [6.07, 6.45) is 0.260. The second-order valence-corrected chi connectivity index (χ2v) is 7.01. The molecule has 0 bridgehead atoms.